The fourth-order valence-corrected chi connectivity index (χ4v) is 4.39. The van der Waals surface area contributed by atoms with E-state index in [2.05, 4.69) is 5.32 Å². The molecule has 1 fully saturated rings. The zero-order valence-corrected chi connectivity index (χ0v) is 13.5. The van der Waals surface area contributed by atoms with Crippen LogP contribution in [0.2, 0.25) is 0 Å². The Bertz CT molecular complexity index is 853. The minimum atomic E-state index is -1.27. The van der Waals surface area contributed by atoms with Gasteiger partial charge in [-0.05, 0) is 25.0 Å². The lowest BCUT2D eigenvalue weighted by molar-refractivity contribution is -0.143. The van der Waals surface area contributed by atoms with Gasteiger partial charge in [-0.3, -0.25) is 0 Å². The number of benzene rings is 1. The molecule has 2 heterocycles. The first-order valence-corrected chi connectivity index (χ1v) is 7.70. The highest BCUT2D eigenvalue weighted by Crippen LogP contribution is 2.67. The van der Waals surface area contributed by atoms with Gasteiger partial charge in [0.15, 0.2) is 0 Å². The van der Waals surface area contributed by atoms with Crippen molar-refractivity contribution in [3.05, 3.63) is 57.9 Å². The van der Waals surface area contributed by atoms with Gasteiger partial charge in [-0.1, -0.05) is 24.3 Å². The smallest absolute Gasteiger partial charge is 0.337 e. The van der Waals surface area contributed by atoms with Crippen LogP contribution in [0.5, 0.6) is 0 Å². The molecule has 3 aliphatic rings. The van der Waals surface area contributed by atoms with Crippen molar-refractivity contribution in [2.75, 3.05) is 7.11 Å². The lowest BCUT2D eigenvalue weighted by Crippen LogP contribution is -2.42. The Morgan fingerprint density at radius 2 is 1.92 bits per heavy atom. The molecule has 0 aromatic heterocycles. The van der Waals surface area contributed by atoms with Crippen molar-refractivity contribution in [3.8, 4) is 0 Å². The maximum Gasteiger partial charge on any atom is 0.337 e. The molecule has 1 aromatic carbocycles. The van der Waals surface area contributed by atoms with E-state index in [1.54, 1.807) is 19.9 Å². The molecular weight excluding hydrogens is 310 g/mol. The number of methoxy groups -OCH3 is 1. The van der Waals surface area contributed by atoms with E-state index in [9.17, 15) is 14.7 Å². The van der Waals surface area contributed by atoms with Gasteiger partial charge in [0.1, 0.15) is 11.5 Å². The lowest BCUT2D eigenvalue weighted by atomic mass is 9.67. The van der Waals surface area contributed by atoms with E-state index >= 15 is 0 Å². The quantitative estimate of drug-likeness (QED) is 0.763. The molecule has 1 saturated heterocycles. The van der Waals surface area contributed by atoms with Gasteiger partial charge in [-0.2, -0.15) is 0 Å². The highest BCUT2D eigenvalue weighted by molar-refractivity contribution is 6.03. The summed E-state index contributed by atoms with van der Waals surface area (Å²) in [4.78, 5) is 25.1. The fourth-order valence-electron chi connectivity index (χ4n) is 4.39. The number of carbonyl (C=O) groups is 2. The molecule has 24 heavy (non-hydrogen) atoms. The number of aliphatic hydroxyl groups is 1. The number of hydrogen-bond acceptors (Lipinski definition) is 6. The fraction of sp³-hybridized carbons (Fsp3) is 0.333. The molecule has 0 radical (unpaired) electrons. The molecule has 0 bridgehead atoms. The minimum absolute atomic E-state index is 0.241. The van der Waals surface area contributed by atoms with Gasteiger partial charge in [0.2, 0.25) is 0 Å². The Morgan fingerprint density at radius 3 is 2.58 bits per heavy atom. The monoisotopic (exact) mass is 327 g/mol. The van der Waals surface area contributed by atoms with Crippen LogP contribution in [0.1, 0.15) is 37.2 Å². The Balaban J connectivity index is 2.08. The Hall–Kier alpha value is -2.60. The number of allylic oxidation sites excluding steroid dienone is 2. The van der Waals surface area contributed by atoms with E-state index in [1.165, 1.54) is 7.11 Å². The first-order chi connectivity index (χ1) is 11.4. The van der Waals surface area contributed by atoms with Crippen LogP contribution >= 0.6 is 0 Å². The van der Waals surface area contributed by atoms with Crippen LogP contribution < -0.4 is 5.32 Å². The predicted octanol–water partition coefficient (Wildman–Crippen LogP) is 1.64. The zero-order chi connectivity index (χ0) is 17.2. The number of rotatable bonds is 1. The highest BCUT2D eigenvalue weighted by atomic mass is 16.6. The van der Waals surface area contributed by atoms with E-state index in [-0.39, 0.29) is 5.57 Å². The molecule has 1 aromatic rings. The average Bonchev–Trinajstić information content (AvgIpc) is 2.98. The van der Waals surface area contributed by atoms with Crippen molar-refractivity contribution in [1.29, 1.82) is 0 Å². The number of fused-ring (bicyclic) bond motifs is 2. The van der Waals surface area contributed by atoms with E-state index < -0.39 is 29.6 Å². The SMILES string of the molecule is COC(=O)C1=C(C)NC(C)=C2C(=O)O[C@@H]3c4ccccc4[C@H](O)[C@]123. The Kier molecular flexibility index (Phi) is 2.93. The van der Waals surface area contributed by atoms with Gasteiger partial charge in [0.05, 0.1) is 24.4 Å². The molecule has 2 N–H and O–H groups in total. The van der Waals surface area contributed by atoms with Crippen molar-refractivity contribution in [1.82, 2.24) is 5.32 Å². The summed E-state index contributed by atoms with van der Waals surface area (Å²) in [6, 6.07) is 7.24. The third-order valence-corrected chi connectivity index (χ3v) is 5.19. The molecular formula is C18H17NO5. The number of dihydropyridines is 1. The molecule has 2 aliphatic heterocycles. The maximum absolute atomic E-state index is 12.5. The zero-order valence-electron chi connectivity index (χ0n) is 13.5. The van der Waals surface area contributed by atoms with Crippen molar-refractivity contribution in [2.24, 2.45) is 5.41 Å². The Labute approximate surface area is 138 Å². The number of esters is 2. The molecule has 0 unspecified atom stereocenters. The normalized spacial score (nSPS) is 30.4. The molecule has 4 rings (SSSR count). The van der Waals surface area contributed by atoms with Gasteiger partial charge in [0, 0.05) is 11.4 Å². The van der Waals surface area contributed by atoms with Crippen LogP contribution in [0, 0.1) is 5.41 Å². The summed E-state index contributed by atoms with van der Waals surface area (Å²) in [6.07, 6.45) is -1.81. The maximum atomic E-state index is 12.5. The van der Waals surface area contributed by atoms with Crippen molar-refractivity contribution in [2.45, 2.75) is 26.1 Å². The van der Waals surface area contributed by atoms with E-state index in [1.807, 2.05) is 18.2 Å². The topological polar surface area (TPSA) is 84.9 Å². The van der Waals surface area contributed by atoms with E-state index in [4.69, 9.17) is 9.47 Å². The first kappa shape index (κ1) is 15.0. The van der Waals surface area contributed by atoms with Gasteiger partial charge in [-0.25, -0.2) is 9.59 Å². The standard InChI is InChI=1S/C18H17NO5/c1-8-12(16(21)23-3)18-13(9(2)19-8)17(22)24-15(18)11-7-5-4-6-10(11)14(18)20/h4-7,14-15,19-20H,1-3H3/t14-,15+,18-/m0/s1. The second-order valence-corrected chi connectivity index (χ2v) is 6.30. The predicted molar refractivity (Wildman–Crippen MR) is 83.2 cm³/mol. The first-order valence-electron chi connectivity index (χ1n) is 7.70. The van der Waals surface area contributed by atoms with Crippen molar-refractivity contribution in [3.63, 3.8) is 0 Å². The van der Waals surface area contributed by atoms with Gasteiger partial charge in [-0.15, -0.1) is 0 Å². The number of nitrogens with one attached hydrogen (secondary N) is 1. The number of carbonyl (C=O) groups excluding carboxylic acids is 2. The van der Waals surface area contributed by atoms with Crippen LogP contribution in [-0.2, 0) is 19.1 Å². The minimum Gasteiger partial charge on any atom is -0.466 e. The number of ether oxygens (including phenoxy) is 2. The molecule has 6 heteroatoms. The van der Waals surface area contributed by atoms with Crippen LogP contribution in [0.3, 0.4) is 0 Å². The van der Waals surface area contributed by atoms with Crippen LogP contribution in [-0.4, -0.2) is 24.2 Å². The molecule has 0 amide bonds. The van der Waals surface area contributed by atoms with Crippen LogP contribution in [0.25, 0.3) is 0 Å². The molecule has 6 nitrogen and oxygen atoms in total. The summed E-state index contributed by atoms with van der Waals surface area (Å²) in [5.74, 6) is -1.10. The van der Waals surface area contributed by atoms with Crippen LogP contribution in [0.4, 0.5) is 0 Å². The molecule has 3 atom stereocenters. The summed E-state index contributed by atoms with van der Waals surface area (Å²) in [5.41, 5.74) is 1.78. The lowest BCUT2D eigenvalue weighted by Gasteiger charge is -2.38. The molecule has 0 saturated carbocycles. The van der Waals surface area contributed by atoms with E-state index in [0.29, 0.717) is 22.5 Å². The summed E-state index contributed by atoms with van der Waals surface area (Å²) in [5, 5.41) is 14.2. The third-order valence-electron chi connectivity index (χ3n) is 5.19. The van der Waals surface area contributed by atoms with Gasteiger partial charge in [0.25, 0.3) is 0 Å². The summed E-state index contributed by atoms with van der Waals surface area (Å²) >= 11 is 0. The Morgan fingerprint density at radius 1 is 1.25 bits per heavy atom. The molecule has 1 spiro atoms. The third kappa shape index (κ3) is 1.49. The number of aliphatic hydroxyl groups excluding tert-OH is 1. The van der Waals surface area contributed by atoms with Gasteiger partial charge >= 0.3 is 11.9 Å². The van der Waals surface area contributed by atoms with Gasteiger partial charge < -0.3 is 19.9 Å². The van der Waals surface area contributed by atoms with Crippen molar-refractivity contribution < 1.29 is 24.2 Å². The summed E-state index contributed by atoms with van der Waals surface area (Å²) in [7, 11) is 1.28. The summed E-state index contributed by atoms with van der Waals surface area (Å²) in [6.45, 7) is 3.48. The highest BCUT2D eigenvalue weighted by Gasteiger charge is 2.69. The number of hydrogen-bond donors (Lipinski definition) is 2. The van der Waals surface area contributed by atoms with Crippen molar-refractivity contribution >= 4 is 11.9 Å². The van der Waals surface area contributed by atoms with E-state index in [0.717, 1.165) is 5.56 Å². The molecule has 1 aliphatic carbocycles. The largest absolute Gasteiger partial charge is 0.466 e. The average molecular weight is 327 g/mol. The second-order valence-electron chi connectivity index (χ2n) is 6.30. The summed E-state index contributed by atoms with van der Waals surface area (Å²) < 4.78 is 10.6. The second kappa shape index (κ2) is 4.70. The van der Waals surface area contributed by atoms with Crippen LogP contribution in [0.15, 0.2) is 46.8 Å². The molecule has 124 valence electrons.